The van der Waals surface area contributed by atoms with Crippen LogP contribution in [0.25, 0.3) is 0 Å². The first kappa shape index (κ1) is 36.9. The Bertz CT molecular complexity index is 416. The highest BCUT2D eigenvalue weighted by Gasteiger charge is 2.36. The van der Waals surface area contributed by atoms with Crippen molar-refractivity contribution in [1.82, 2.24) is 4.90 Å². The molecule has 0 saturated heterocycles. The van der Waals surface area contributed by atoms with Gasteiger partial charge in [-0.25, -0.2) is 4.99 Å². The molecule has 0 spiro atoms. The minimum absolute atomic E-state index is 0. The molecule has 4 heteroatoms. The van der Waals surface area contributed by atoms with Gasteiger partial charge in [0.15, 0.2) is 0 Å². The highest BCUT2D eigenvalue weighted by Crippen LogP contribution is 2.22. The Morgan fingerprint density at radius 1 is 0.486 bits per heavy atom. The number of nitrogens with zero attached hydrogens (tertiary/aromatic N) is 3. The zero-order valence-electron chi connectivity index (χ0n) is 25.2. The number of unbranched alkanes of at least 4 members (excludes halogenated alkanes) is 12. The topological polar surface area (TPSA) is 15.6 Å². The summed E-state index contributed by atoms with van der Waals surface area (Å²) in [6.45, 7) is 21.4. The number of hydrogen-bond acceptors (Lipinski definition) is 1. The lowest BCUT2D eigenvalue weighted by Crippen LogP contribution is -3.00. The Labute approximate surface area is 228 Å². The van der Waals surface area contributed by atoms with Crippen molar-refractivity contribution < 1.29 is 16.9 Å². The molecule has 3 nitrogen and oxygen atoms in total. The smallest absolute Gasteiger partial charge is 0.300 e. The maximum atomic E-state index is 5.54. The lowest BCUT2D eigenvalue weighted by atomic mass is 10.1. The van der Waals surface area contributed by atoms with Crippen molar-refractivity contribution in [2.75, 3.05) is 39.3 Å². The van der Waals surface area contributed by atoms with Gasteiger partial charge in [-0.2, -0.15) is 0 Å². The van der Waals surface area contributed by atoms with E-state index in [1.807, 2.05) is 0 Å². The van der Waals surface area contributed by atoms with Crippen LogP contribution in [0.2, 0.25) is 0 Å². The molecule has 0 fully saturated rings. The summed E-state index contributed by atoms with van der Waals surface area (Å²) in [5.74, 6) is 1.49. The second kappa shape index (κ2) is 26.8. The van der Waals surface area contributed by atoms with Crippen molar-refractivity contribution in [2.24, 2.45) is 4.99 Å². The van der Waals surface area contributed by atoms with Crippen LogP contribution in [-0.4, -0.2) is 54.6 Å². The monoisotopic (exact) mass is 515 g/mol. The first-order valence-corrected chi connectivity index (χ1v) is 15.8. The summed E-state index contributed by atoms with van der Waals surface area (Å²) < 4.78 is 1.17. The van der Waals surface area contributed by atoms with E-state index in [4.69, 9.17) is 4.99 Å². The molecule has 0 saturated carbocycles. The Balaban J connectivity index is 0. The van der Waals surface area contributed by atoms with E-state index >= 15 is 0 Å². The van der Waals surface area contributed by atoms with Gasteiger partial charge in [-0.1, -0.05) is 99.3 Å². The van der Waals surface area contributed by atoms with Gasteiger partial charge >= 0.3 is 0 Å². The lowest BCUT2D eigenvalue weighted by molar-refractivity contribution is -0.848. The van der Waals surface area contributed by atoms with Crippen molar-refractivity contribution in [1.29, 1.82) is 0 Å². The van der Waals surface area contributed by atoms with Gasteiger partial charge in [-0.15, -0.1) is 0 Å². The van der Waals surface area contributed by atoms with Gasteiger partial charge in [0.05, 0.1) is 19.6 Å². The molecule has 0 radical (unpaired) electrons. The second-order valence-electron chi connectivity index (χ2n) is 10.7. The van der Waals surface area contributed by atoms with E-state index in [9.17, 15) is 0 Å². The van der Waals surface area contributed by atoms with Gasteiger partial charge < -0.3 is 17.3 Å². The van der Waals surface area contributed by atoms with Gasteiger partial charge in [-0.05, 0) is 57.8 Å². The van der Waals surface area contributed by atoms with Gasteiger partial charge in [0.2, 0.25) is 0 Å². The zero-order chi connectivity index (χ0) is 25.3. The van der Waals surface area contributed by atoms with E-state index in [1.165, 1.54) is 159 Å². The number of quaternary nitrogens is 1. The molecule has 0 amide bonds. The van der Waals surface area contributed by atoms with Crippen LogP contribution >= 0.6 is 0 Å². The van der Waals surface area contributed by atoms with Crippen molar-refractivity contribution in [3.8, 4) is 0 Å². The van der Waals surface area contributed by atoms with Crippen LogP contribution in [0, 0.1) is 0 Å². The predicted molar refractivity (Wildman–Crippen MR) is 156 cm³/mol. The van der Waals surface area contributed by atoms with E-state index < -0.39 is 0 Å². The molecule has 0 rings (SSSR count). The molecular weight excluding hydrogens is 450 g/mol. The number of rotatable bonds is 24. The zero-order valence-corrected chi connectivity index (χ0v) is 25.9. The second-order valence-corrected chi connectivity index (χ2v) is 10.7. The molecule has 0 unspecified atom stereocenters. The molecule has 0 heterocycles. The standard InChI is InChI=1S/C31H66N3.ClH/c1-7-13-19-25-32-31(33(26-20-14-8-2)27-21-15-9-3)34(28-22-16-10-4,29-23-17-11-5)30-24-18-12-6;/h7-30H2,1-6H3;1H/q+1;/p-1/b32-31+;. The molecule has 0 atom stereocenters. The molecule has 0 aromatic rings. The molecule has 0 N–H and O–H groups in total. The number of halogens is 1. The van der Waals surface area contributed by atoms with Crippen LogP contribution in [0.4, 0.5) is 0 Å². The molecule has 212 valence electrons. The molecule has 0 aromatic heterocycles. The summed E-state index contributed by atoms with van der Waals surface area (Å²) >= 11 is 0. The minimum Gasteiger partial charge on any atom is -1.00 e. The van der Waals surface area contributed by atoms with Crippen molar-refractivity contribution in [2.45, 2.75) is 157 Å². The fourth-order valence-electron chi connectivity index (χ4n) is 5.14. The maximum Gasteiger partial charge on any atom is 0.300 e. The average Bonchev–Trinajstić information content (AvgIpc) is 2.84. The van der Waals surface area contributed by atoms with Crippen LogP contribution in [0.5, 0.6) is 0 Å². The summed E-state index contributed by atoms with van der Waals surface area (Å²) in [6.07, 6.45) is 23.8. The van der Waals surface area contributed by atoms with Crippen LogP contribution in [-0.2, 0) is 0 Å². The third-order valence-electron chi connectivity index (χ3n) is 7.35. The fourth-order valence-corrected chi connectivity index (χ4v) is 5.14. The quantitative estimate of drug-likeness (QED) is 0.0611. The van der Waals surface area contributed by atoms with Gasteiger partial charge in [0, 0.05) is 19.6 Å². The molecule has 35 heavy (non-hydrogen) atoms. The third-order valence-corrected chi connectivity index (χ3v) is 7.35. The summed E-state index contributed by atoms with van der Waals surface area (Å²) in [7, 11) is 0. The first-order valence-electron chi connectivity index (χ1n) is 15.8. The Kier molecular flexibility index (Phi) is 28.2. The predicted octanol–water partition coefficient (Wildman–Crippen LogP) is 6.61. The normalized spacial score (nSPS) is 12.1. The van der Waals surface area contributed by atoms with Gasteiger partial charge in [0.1, 0.15) is 0 Å². The molecule has 0 aliphatic rings. The summed E-state index contributed by atoms with van der Waals surface area (Å²) in [5.41, 5.74) is 0. The highest BCUT2D eigenvalue weighted by atomic mass is 35.5. The average molecular weight is 516 g/mol. The van der Waals surface area contributed by atoms with Crippen LogP contribution in [0.15, 0.2) is 4.99 Å². The fraction of sp³-hybridized carbons (Fsp3) is 0.968. The van der Waals surface area contributed by atoms with Gasteiger partial charge in [-0.3, -0.25) is 4.48 Å². The summed E-state index contributed by atoms with van der Waals surface area (Å²) in [4.78, 5) is 8.34. The van der Waals surface area contributed by atoms with Crippen molar-refractivity contribution in [3.63, 3.8) is 0 Å². The Morgan fingerprint density at radius 3 is 1.20 bits per heavy atom. The Hall–Kier alpha value is -0.280. The summed E-state index contributed by atoms with van der Waals surface area (Å²) in [5, 5.41) is 0. The van der Waals surface area contributed by atoms with Crippen molar-refractivity contribution >= 4 is 5.96 Å². The SMILES string of the molecule is CCCCC/N=C(\N(CCCCC)CCCCC)[N+](CCCCC)(CCCCC)CCCCC.[Cl-]. The van der Waals surface area contributed by atoms with E-state index in [2.05, 4.69) is 46.4 Å². The van der Waals surface area contributed by atoms with E-state index in [1.54, 1.807) is 0 Å². The largest absolute Gasteiger partial charge is 1.00 e. The van der Waals surface area contributed by atoms with Crippen LogP contribution in [0.1, 0.15) is 157 Å². The first-order chi connectivity index (χ1) is 16.7. The molecular formula is C31H66ClN3. The summed E-state index contributed by atoms with van der Waals surface area (Å²) in [6, 6.07) is 0. The molecule has 0 aromatic carbocycles. The van der Waals surface area contributed by atoms with Crippen LogP contribution < -0.4 is 12.4 Å². The maximum absolute atomic E-state index is 5.54. The van der Waals surface area contributed by atoms with E-state index in [0.717, 1.165) is 6.54 Å². The van der Waals surface area contributed by atoms with Gasteiger partial charge in [0.25, 0.3) is 5.96 Å². The van der Waals surface area contributed by atoms with E-state index in [-0.39, 0.29) is 12.4 Å². The van der Waals surface area contributed by atoms with E-state index in [0.29, 0.717) is 0 Å². The van der Waals surface area contributed by atoms with Crippen molar-refractivity contribution in [3.05, 3.63) is 0 Å². The highest BCUT2D eigenvalue weighted by molar-refractivity contribution is 5.73. The number of aliphatic imine (C=N–C) groups is 1. The molecule has 0 bridgehead atoms. The number of guanidine groups is 1. The Morgan fingerprint density at radius 2 is 0.829 bits per heavy atom. The lowest BCUT2D eigenvalue weighted by Gasteiger charge is -2.43. The third kappa shape index (κ3) is 17.7. The minimum atomic E-state index is 0. The molecule has 0 aliphatic carbocycles. The molecule has 0 aliphatic heterocycles. The van der Waals surface area contributed by atoms with Crippen LogP contribution in [0.3, 0.4) is 0 Å². The number of hydrogen-bond donors (Lipinski definition) is 0.